The number of thiazole rings is 1. The molecule has 2 aromatic rings. The number of piperidine rings is 1. The zero-order chi connectivity index (χ0) is 21.5. The van der Waals surface area contributed by atoms with E-state index in [0.717, 1.165) is 36.4 Å². The molecule has 0 N–H and O–H groups in total. The summed E-state index contributed by atoms with van der Waals surface area (Å²) in [5.74, 6) is 0.766. The van der Waals surface area contributed by atoms with Crippen LogP contribution in [0.3, 0.4) is 0 Å². The normalized spacial score (nSPS) is 15.8. The molecule has 2 heterocycles. The molecule has 1 atom stereocenters. The molecule has 1 aliphatic heterocycles. The molecule has 6 nitrogen and oxygen atoms in total. The minimum atomic E-state index is -0.297. The predicted octanol–water partition coefficient (Wildman–Crippen LogP) is 5.22. The van der Waals surface area contributed by atoms with Crippen molar-refractivity contribution in [1.29, 1.82) is 0 Å². The molecule has 1 aliphatic rings. The van der Waals surface area contributed by atoms with Crippen molar-refractivity contribution in [2.45, 2.75) is 45.8 Å². The maximum absolute atomic E-state index is 12.4. The first-order valence-electron chi connectivity index (χ1n) is 10.3. The van der Waals surface area contributed by atoms with Gasteiger partial charge < -0.3 is 14.5 Å². The van der Waals surface area contributed by atoms with E-state index in [1.54, 1.807) is 23.2 Å². The van der Waals surface area contributed by atoms with Gasteiger partial charge >= 0.3 is 6.09 Å². The number of hydrogen-bond acceptors (Lipinski definition) is 5. The molecule has 0 bridgehead atoms. The van der Waals surface area contributed by atoms with Crippen molar-refractivity contribution in [3.8, 4) is 0 Å². The molecule has 1 saturated heterocycles. The number of amides is 2. The Kier molecular flexibility index (Phi) is 8.10. The van der Waals surface area contributed by atoms with E-state index in [4.69, 9.17) is 16.3 Å². The van der Waals surface area contributed by atoms with Gasteiger partial charge in [-0.2, -0.15) is 0 Å². The van der Waals surface area contributed by atoms with Crippen molar-refractivity contribution in [3.63, 3.8) is 0 Å². The quantitative estimate of drug-likeness (QED) is 0.518. The minimum absolute atomic E-state index is 0.0807. The van der Waals surface area contributed by atoms with Crippen LogP contribution >= 0.6 is 22.9 Å². The number of benzene rings is 1. The predicted molar refractivity (Wildman–Crippen MR) is 120 cm³/mol. The molecule has 8 heteroatoms. The van der Waals surface area contributed by atoms with Gasteiger partial charge in [0.25, 0.3) is 0 Å². The lowest BCUT2D eigenvalue weighted by Gasteiger charge is -2.40. The maximum Gasteiger partial charge on any atom is 0.410 e. The Balaban J connectivity index is 1.62. The molecule has 1 unspecified atom stereocenters. The van der Waals surface area contributed by atoms with Crippen molar-refractivity contribution >= 4 is 41.1 Å². The highest BCUT2D eigenvalue weighted by Gasteiger charge is 2.33. The summed E-state index contributed by atoms with van der Waals surface area (Å²) in [6.45, 7) is 5.81. The van der Waals surface area contributed by atoms with Crippen LogP contribution in [-0.4, -0.2) is 41.5 Å². The van der Waals surface area contributed by atoms with Crippen LogP contribution < -0.4 is 4.90 Å². The van der Waals surface area contributed by atoms with E-state index in [1.807, 2.05) is 22.4 Å². The minimum Gasteiger partial charge on any atom is -0.442 e. The van der Waals surface area contributed by atoms with Gasteiger partial charge in [0.05, 0.1) is 0 Å². The Hall–Kier alpha value is -2.12. The summed E-state index contributed by atoms with van der Waals surface area (Å²) in [4.78, 5) is 32.1. The summed E-state index contributed by atoms with van der Waals surface area (Å²) in [5, 5.41) is 3.30. The second-order valence-corrected chi connectivity index (χ2v) is 9.41. The van der Waals surface area contributed by atoms with Crippen molar-refractivity contribution in [1.82, 2.24) is 9.88 Å². The largest absolute Gasteiger partial charge is 0.442 e. The molecule has 0 aliphatic carbocycles. The average molecular weight is 450 g/mol. The lowest BCUT2D eigenvalue weighted by Crippen LogP contribution is -2.47. The second kappa shape index (κ2) is 10.8. The summed E-state index contributed by atoms with van der Waals surface area (Å²) in [7, 11) is 0. The summed E-state index contributed by atoms with van der Waals surface area (Å²) < 4.78 is 5.39. The van der Waals surface area contributed by atoms with E-state index < -0.39 is 0 Å². The van der Waals surface area contributed by atoms with Gasteiger partial charge in [-0.15, -0.1) is 11.3 Å². The van der Waals surface area contributed by atoms with E-state index in [0.29, 0.717) is 29.9 Å². The fourth-order valence-electron chi connectivity index (χ4n) is 3.97. The monoisotopic (exact) mass is 449 g/mol. The molecule has 0 spiro atoms. The number of rotatable bonds is 8. The highest BCUT2D eigenvalue weighted by molar-refractivity contribution is 7.09. The van der Waals surface area contributed by atoms with Crippen LogP contribution in [0, 0.1) is 11.8 Å². The van der Waals surface area contributed by atoms with Gasteiger partial charge in [-0.1, -0.05) is 25.4 Å². The van der Waals surface area contributed by atoms with Crippen molar-refractivity contribution in [2.75, 3.05) is 18.0 Å². The number of halogens is 1. The molecule has 162 valence electrons. The molecular weight excluding hydrogens is 422 g/mol. The topological polar surface area (TPSA) is 62.7 Å². The van der Waals surface area contributed by atoms with Crippen LogP contribution in [0.5, 0.6) is 0 Å². The van der Waals surface area contributed by atoms with E-state index in [9.17, 15) is 9.59 Å². The molecule has 1 aromatic carbocycles. The van der Waals surface area contributed by atoms with Crippen LogP contribution in [0.2, 0.25) is 5.02 Å². The van der Waals surface area contributed by atoms with E-state index >= 15 is 0 Å². The Bertz CT molecular complexity index is 806. The Morgan fingerprint density at radius 1 is 1.33 bits per heavy atom. The van der Waals surface area contributed by atoms with Crippen molar-refractivity contribution in [3.05, 3.63) is 45.9 Å². The van der Waals surface area contributed by atoms with Crippen LogP contribution in [0.15, 0.2) is 35.8 Å². The maximum atomic E-state index is 12.4. The molecule has 3 rings (SSSR count). The summed E-state index contributed by atoms with van der Waals surface area (Å²) >= 11 is 7.49. The lowest BCUT2D eigenvalue weighted by molar-refractivity contribution is -0.108. The number of carbonyl (C=O) groups excluding carboxylic acids is 2. The first-order chi connectivity index (χ1) is 14.5. The molecule has 1 fully saturated rings. The third kappa shape index (κ3) is 5.95. The van der Waals surface area contributed by atoms with Gasteiger partial charge in [-0.05, 0) is 55.4 Å². The molecule has 30 heavy (non-hydrogen) atoms. The zero-order valence-electron chi connectivity index (χ0n) is 17.4. The summed E-state index contributed by atoms with van der Waals surface area (Å²) in [6.07, 6.45) is 4.90. The zero-order valence-corrected chi connectivity index (χ0v) is 18.9. The molecule has 2 amide bonds. The highest BCUT2D eigenvalue weighted by atomic mass is 35.5. The van der Waals surface area contributed by atoms with E-state index in [1.165, 1.54) is 11.3 Å². The molecular formula is C22H28ClN3O3S. The van der Waals surface area contributed by atoms with Gasteiger partial charge in [0.2, 0.25) is 6.41 Å². The Morgan fingerprint density at radius 2 is 2.03 bits per heavy atom. The highest BCUT2D eigenvalue weighted by Crippen LogP contribution is 2.31. The van der Waals surface area contributed by atoms with Crippen LogP contribution in [-0.2, 0) is 16.1 Å². The lowest BCUT2D eigenvalue weighted by atomic mass is 9.84. The number of aromatic nitrogens is 1. The van der Waals surface area contributed by atoms with Gasteiger partial charge in [-0.25, -0.2) is 9.78 Å². The number of ether oxygens (including phenoxy) is 1. The fourth-order valence-corrected chi connectivity index (χ4v) is 4.62. The average Bonchev–Trinajstić information content (AvgIpc) is 3.27. The molecule has 0 saturated carbocycles. The second-order valence-electron chi connectivity index (χ2n) is 7.99. The van der Waals surface area contributed by atoms with Gasteiger partial charge in [0, 0.05) is 41.4 Å². The molecule has 1 aromatic heterocycles. The van der Waals surface area contributed by atoms with Gasteiger partial charge in [0.15, 0.2) is 0 Å². The third-order valence-electron chi connectivity index (χ3n) is 5.45. The number of likely N-dealkylation sites (tertiary alicyclic amines) is 1. The van der Waals surface area contributed by atoms with Crippen molar-refractivity contribution < 1.29 is 14.3 Å². The van der Waals surface area contributed by atoms with Crippen LogP contribution in [0.4, 0.5) is 10.5 Å². The number of anilines is 1. The first-order valence-corrected chi connectivity index (χ1v) is 11.5. The number of hydrogen-bond donors (Lipinski definition) is 0. The fraction of sp³-hybridized carbons (Fsp3) is 0.500. The summed E-state index contributed by atoms with van der Waals surface area (Å²) in [5.41, 5.74) is 0.852. The third-order valence-corrected chi connectivity index (χ3v) is 6.46. The smallest absolute Gasteiger partial charge is 0.410 e. The van der Waals surface area contributed by atoms with Crippen LogP contribution in [0.25, 0.3) is 0 Å². The summed E-state index contributed by atoms with van der Waals surface area (Å²) in [6, 6.07) is 7.46. The van der Waals surface area contributed by atoms with Crippen LogP contribution in [0.1, 0.15) is 38.1 Å². The van der Waals surface area contributed by atoms with E-state index in [-0.39, 0.29) is 18.7 Å². The van der Waals surface area contributed by atoms with Crippen molar-refractivity contribution in [2.24, 2.45) is 11.8 Å². The van der Waals surface area contributed by atoms with Gasteiger partial charge in [-0.3, -0.25) is 4.79 Å². The Morgan fingerprint density at radius 3 is 2.60 bits per heavy atom. The number of nitrogens with zero attached hydrogens (tertiary/aromatic N) is 3. The standard InChI is InChI=1S/C22H28ClN3O3S/c1-16(2)13-20(26(15-27)19-5-3-18(23)4-6-19)17-7-10-25(11-8-17)22(28)29-14-21-24-9-12-30-21/h3-6,9,12,15-17,20H,7-8,10-11,13-14H2,1-2H3. The first kappa shape index (κ1) is 22.6. The number of carbonyl (C=O) groups is 2. The Labute approximate surface area is 186 Å². The molecule has 0 radical (unpaired) electrons. The SMILES string of the molecule is CC(C)CC(C1CCN(C(=O)OCc2nccs2)CC1)N(C=O)c1ccc(Cl)cc1. The van der Waals surface area contributed by atoms with E-state index in [2.05, 4.69) is 18.8 Å². The van der Waals surface area contributed by atoms with Gasteiger partial charge in [0.1, 0.15) is 11.6 Å².